The van der Waals surface area contributed by atoms with Gasteiger partial charge in [-0.15, -0.1) is 0 Å². The molecule has 170 valence electrons. The van der Waals surface area contributed by atoms with Crippen molar-refractivity contribution < 1.29 is 33.0 Å². The van der Waals surface area contributed by atoms with Crippen molar-refractivity contribution in [3.63, 3.8) is 0 Å². The molecule has 0 aliphatic carbocycles. The lowest BCUT2D eigenvalue weighted by Crippen LogP contribution is -2.21. The van der Waals surface area contributed by atoms with Crippen molar-refractivity contribution in [3.8, 4) is 0 Å². The maximum atomic E-state index is 12.8. The highest BCUT2D eigenvalue weighted by Gasteiger charge is 2.12. The van der Waals surface area contributed by atoms with Crippen LogP contribution in [0.5, 0.6) is 0 Å². The summed E-state index contributed by atoms with van der Waals surface area (Å²) in [6, 6.07) is 11.3. The highest BCUT2D eigenvalue weighted by molar-refractivity contribution is 5.95. The third-order valence-electron chi connectivity index (χ3n) is 4.00. The molecule has 32 heavy (non-hydrogen) atoms. The standard InChI is InChI=1S/C23H25FN2O6/c1-15(2)13-32-23(30)16-3-7-18(8-4-16)25-20(27)11-12-22(29)31-14-21(28)26-19-9-5-17(24)6-10-19/h3-10,15H,11-14H2,1-2H3,(H,25,27)(H,26,28). The summed E-state index contributed by atoms with van der Waals surface area (Å²) in [7, 11) is 0. The van der Waals surface area contributed by atoms with Crippen LogP contribution in [0, 0.1) is 11.7 Å². The van der Waals surface area contributed by atoms with Crippen molar-refractivity contribution in [3.05, 3.63) is 59.9 Å². The number of carbonyl (C=O) groups is 4. The van der Waals surface area contributed by atoms with Gasteiger partial charge in [0.2, 0.25) is 5.91 Å². The number of esters is 2. The number of ether oxygens (including phenoxy) is 2. The second kappa shape index (κ2) is 12.2. The summed E-state index contributed by atoms with van der Waals surface area (Å²) in [5, 5.41) is 5.06. The number of carbonyl (C=O) groups excluding carboxylic acids is 4. The van der Waals surface area contributed by atoms with E-state index in [1.807, 2.05) is 13.8 Å². The first-order chi connectivity index (χ1) is 15.2. The van der Waals surface area contributed by atoms with Gasteiger partial charge in [0.25, 0.3) is 5.91 Å². The lowest BCUT2D eigenvalue weighted by molar-refractivity contribution is -0.147. The molecule has 0 aromatic heterocycles. The maximum absolute atomic E-state index is 12.8. The van der Waals surface area contributed by atoms with Crippen molar-refractivity contribution in [1.82, 2.24) is 0 Å². The summed E-state index contributed by atoms with van der Waals surface area (Å²) in [5.74, 6) is -2.36. The fourth-order valence-electron chi connectivity index (χ4n) is 2.40. The SMILES string of the molecule is CC(C)COC(=O)c1ccc(NC(=O)CCC(=O)OCC(=O)Nc2ccc(F)cc2)cc1. The lowest BCUT2D eigenvalue weighted by Gasteiger charge is -2.09. The molecule has 0 unspecified atom stereocenters. The zero-order valence-corrected chi connectivity index (χ0v) is 17.9. The first-order valence-corrected chi connectivity index (χ1v) is 10.0. The predicted molar refractivity (Wildman–Crippen MR) is 115 cm³/mol. The van der Waals surface area contributed by atoms with E-state index in [4.69, 9.17) is 9.47 Å². The zero-order valence-electron chi connectivity index (χ0n) is 17.9. The largest absolute Gasteiger partial charge is 0.462 e. The Kier molecular flexibility index (Phi) is 9.34. The average Bonchev–Trinajstić information content (AvgIpc) is 2.76. The van der Waals surface area contributed by atoms with E-state index in [-0.39, 0.29) is 18.8 Å². The summed E-state index contributed by atoms with van der Waals surface area (Å²) in [6.07, 6.45) is -0.355. The van der Waals surface area contributed by atoms with E-state index in [0.29, 0.717) is 23.5 Å². The van der Waals surface area contributed by atoms with Crippen molar-refractivity contribution in [2.45, 2.75) is 26.7 Å². The summed E-state index contributed by atoms with van der Waals surface area (Å²) in [6.45, 7) is 3.67. The van der Waals surface area contributed by atoms with Crippen LogP contribution in [0.4, 0.5) is 15.8 Å². The summed E-state index contributed by atoms with van der Waals surface area (Å²) >= 11 is 0. The van der Waals surface area contributed by atoms with E-state index < -0.39 is 36.2 Å². The predicted octanol–water partition coefficient (Wildman–Crippen LogP) is 3.54. The molecule has 2 aromatic carbocycles. The molecule has 9 heteroatoms. The molecular weight excluding hydrogens is 419 g/mol. The number of hydrogen-bond donors (Lipinski definition) is 2. The molecule has 0 bridgehead atoms. The lowest BCUT2D eigenvalue weighted by atomic mass is 10.2. The molecule has 0 spiro atoms. The molecule has 2 aromatic rings. The number of benzene rings is 2. The van der Waals surface area contributed by atoms with Gasteiger partial charge in [-0.25, -0.2) is 9.18 Å². The Balaban J connectivity index is 1.68. The van der Waals surface area contributed by atoms with E-state index in [0.717, 1.165) is 0 Å². The van der Waals surface area contributed by atoms with Gasteiger partial charge in [0.1, 0.15) is 5.82 Å². The molecule has 2 amide bonds. The van der Waals surface area contributed by atoms with Crippen LogP contribution < -0.4 is 10.6 Å². The van der Waals surface area contributed by atoms with Crippen LogP contribution in [0.15, 0.2) is 48.5 Å². The fourth-order valence-corrected chi connectivity index (χ4v) is 2.40. The molecule has 0 fully saturated rings. The molecule has 0 aliphatic heterocycles. The number of nitrogens with one attached hydrogen (secondary N) is 2. The third-order valence-corrected chi connectivity index (χ3v) is 4.00. The van der Waals surface area contributed by atoms with E-state index >= 15 is 0 Å². The Hall–Kier alpha value is -3.75. The van der Waals surface area contributed by atoms with Crippen LogP contribution in [0.2, 0.25) is 0 Å². The van der Waals surface area contributed by atoms with Gasteiger partial charge in [0, 0.05) is 17.8 Å². The van der Waals surface area contributed by atoms with Gasteiger partial charge < -0.3 is 20.1 Å². The summed E-state index contributed by atoms with van der Waals surface area (Å²) < 4.78 is 22.8. The molecule has 2 rings (SSSR count). The Morgan fingerprint density at radius 2 is 1.38 bits per heavy atom. The first-order valence-electron chi connectivity index (χ1n) is 10.0. The average molecular weight is 444 g/mol. The molecular formula is C23H25FN2O6. The topological polar surface area (TPSA) is 111 Å². The Labute approximate surface area is 185 Å². The molecule has 2 N–H and O–H groups in total. The van der Waals surface area contributed by atoms with E-state index in [2.05, 4.69) is 10.6 Å². The number of rotatable bonds is 10. The van der Waals surface area contributed by atoms with Gasteiger partial charge in [0.05, 0.1) is 18.6 Å². The smallest absolute Gasteiger partial charge is 0.338 e. The quantitative estimate of drug-likeness (QED) is 0.543. The molecule has 0 radical (unpaired) electrons. The number of anilines is 2. The van der Waals surface area contributed by atoms with Gasteiger partial charge in [-0.2, -0.15) is 0 Å². The zero-order chi connectivity index (χ0) is 23.5. The van der Waals surface area contributed by atoms with Gasteiger partial charge in [-0.3, -0.25) is 14.4 Å². The normalized spacial score (nSPS) is 10.4. The minimum Gasteiger partial charge on any atom is -0.462 e. The highest BCUT2D eigenvalue weighted by atomic mass is 19.1. The van der Waals surface area contributed by atoms with E-state index in [1.165, 1.54) is 36.4 Å². The van der Waals surface area contributed by atoms with E-state index in [1.54, 1.807) is 12.1 Å². The summed E-state index contributed by atoms with van der Waals surface area (Å²) in [5.41, 5.74) is 1.19. The molecule has 0 aliphatic rings. The van der Waals surface area contributed by atoms with Crippen LogP contribution >= 0.6 is 0 Å². The van der Waals surface area contributed by atoms with Gasteiger partial charge in [-0.1, -0.05) is 13.8 Å². The summed E-state index contributed by atoms with van der Waals surface area (Å²) in [4.78, 5) is 47.4. The molecule has 8 nitrogen and oxygen atoms in total. The number of hydrogen-bond acceptors (Lipinski definition) is 6. The maximum Gasteiger partial charge on any atom is 0.338 e. The minimum atomic E-state index is -0.711. The van der Waals surface area contributed by atoms with Crippen molar-refractivity contribution in [1.29, 1.82) is 0 Å². The van der Waals surface area contributed by atoms with Crippen molar-refractivity contribution in [2.75, 3.05) is 23.8 Å². The second-order valence-electron chi connectivity index (χ2n) is 7.33. The van der Waals surface area contributed by atoms with Crippen molar-refractivity contribution in [2.24, 2.45) is 5.92 Å². The van der Waals surface area contributed by atoms with Gasteiger partial charge in [0.15, 0.2) is 6.61 Å². The fraction of sp³-hybridized carbons (Fsp3) is 0.304. The Morgan fingerprint density at radius 1 is 0.812 bits per heavy atom. The molecule has 0 heterocycles. The van der Waals surface area contributed by atoms with Crippen molar-refractivity contribution >= 4 is 35.1 Å². The van der Waals surface area contributed by atoms with Crippen LogP contribution in [-0.2, 0) is 23.9 Å². The minimum absolute atomic E-state index is 0.142. The van der Waals surface area contributed by atoms with Crippen LogP contribution in [0.1, 0.15) is 37.0 Å². The molecule has 0 saturated heterocycles. The number of amides is 2. The Bertz CT molecular complexity index is 942. The van der Waals surface area contributed by atoms with E-state index in [9.17, 15) is 23.6 Å². The third kappa shape index (κ3) is 8.95. The highest BCUT2D eigenvalue weighted by Crippen LogP contribution is 2.12. The first kappa shape index (κ1) is 24.5. The van der Waals surface area contributed by atoms with Gasteiger partial charge >= 0.3 is 11.9 Å². The van der Waals surface area contributed by atoms with Crippen LogP contribution in [0.25, 0.3) is 0 Å². The van der Waals surface area contributed by atoms with Crippen LogP contribution in [-0.4, -0.2) is 37.0 Å². The Morgan fingerprint density at radius 3 is 1.97 bits per heavy atom. The monoisotopic (exact) mass is 444 g/mol. The van der Waals surface area contributed by atoms with Gasteiger partial charge in [-0.05, 0) is 54.4 Å². The number of halogens is 1. The molecule has 0 saturated carbocycles. The molecule has 0 atom stereocenters. The van der Waals surface area contributed by atoms with Crippen LogP contribution in [0.3, 0.4) is 0 Å². The second-order valence-corrected chi connectivity index (χ2v) is 7.33.